The lowest BCUT2D eigenvalue weighted by Gasteiger charge is -2.28. The van der Waals surface area contributed by atoms with Crippen LogP contribution in [-0.4, -0.2) is 0 Å². The highest BCUT2D eigenvalue weighted by atomic mass is 16.3. The molecule has 2 nitrogen and oxygen atoms in total. The number of nitrogens with zero attached hydrogens (tertiary/aromatic N) is 1. The lowest BCUT2D eigenvalue weighted by molar-refractivity contribution is 0.669. The molecule has 12 aromatic rings. The maximum Gasteiger partial charge on any atom is 0.136 e. The van der Waals surface area contributed by atoms with Gasteiger partial charge in [-0.05, 0) is 120 Å². The van der Waals surface area contributed by atoms with E-state index in [0.29, 0.717) is 0 Å². The van der Waals surface area contributed by atoms with Crippen LogP contribution in [0.15, 0.2) is 241 Å². The zero-order valence-electron chi connectivity index (χ0n) is 33.9. The Morgan fingerprint density at radius 3 is 1.71 bits per heavy atom. The van der Waals surface area contributed by atoms with Crippen LogP contribution in [0.3, 0.4) is 0 Å². The first-order valence-electron chi connectivity index (χ1n) is 21.2. The quantitative estimate of drug-likeness (QED) is 0.150. The molecule has 0 unspecified atom stereocenters. The molecule has 0 atom stereocenters. The van der Waals surface area contributed by atoms with E-state index in [4.69, 9.17) is 4.42 Å². The molecule has 0 aliphatic heterocycles. The van der Waals surface area contributed by atoms with E-state index in [9.17, 15) is 0 Å². The van der Waals surface area contributed by atoms with Crippen LogP contribution >= 0.6 is 0 Å². The van der Waals surface area contributed by atoms with E-state index in [2.05, 4.69) is 229 Å². The van der Waals surface area contributed by atoms with E-state index in [1.54, 1.807) is 0 Å². The van der Waals surface area contributed by atoms with Gasteiger partial charge in [0, 0.05) is 27.7 Å². The Hall–Kier alpha value is -8.20. The number of hydrogen-bond donors (Lipinski definition) is 0. The maximum atomic E-state index is 6.28. The second-order valence-corrected chi connectivity index (χ2v) is 16.1. The van der Waals surface area contributed by atoms with E-state index in [1.807, 2.05) is 12.1 Å². The minimum absolute atomic E-state index is 0.897. The Labute approximate surface area is 360 Å². The van der Waals surface area contributed by atoms with Crippen molar-refractivity contribution in [2.24, 2.45) is 0 Å². The molecule has 11 aromatic carbocycles. The molecule has 0 radical (unpaired) electrons. The van der Waals surface area contributed by atoms with Crippen LogP contribution in [-0.2, 0) is 0 Å². The molecule has 62 heavy (non-hydrogen) atoms. The predicted octanol–water partition coefficient (Wildman–Crippen LogP) is 17.2. The average Bonchev–Trinajstić information content (AvgIpc) is 3.73. The van der Waals surface area contributed by atoms with Crippen LogP contribution in [0.1, 0.15) is 0 Å². The fourth-order valence-corrected chi connectivity index (χ4v) is 9.47. The summed E-state index contributed by atoms with van der Waals surface area (Å²) in [5.41, 5.74) is 14.4. The standard InChI is InChI=1S/C60H39NO/c1-3-17-50-41(12-1)14-10-21-52(50)46-15-9-16-49(39-46)61(48-35-32-44(33-36-48)55-22-11-25-59-60(55)56-20-6-8-24-58(56)62-59)57-23-7-5-19-54(57)43-28-26-40(27-29-43)45-34-37-53-47(38-45)31-30-42-13-2-4-18-51(42)53/h1-39H. The smallest absolute Gasteiger partial charge is 0.136 e. The lowest BCUT2D eigenvalue weighted by atomic mass is 9.95. The van der Waals surface area contributed by atoms with E-state index in [0.717, 1.165) is 61.3 Å². The van der Waals surface area contributed by atoms with Crippen molar-refractivity contribution >= 4 is 71.3 Å². The van der Waals surface area contributed by atoms with E-state index in [-0.39, 0.29) is 0 Å². The SMILES string of the molecule is c1cc(-c2cccc3ccccc23)cc(N(c2ccc(-c3cccc4oc5ccccc5c34)cc2)c2ccccc2-c2ccc(-c3ccc4c(ccc5ccccc54)c3)cc2)c1. The molecule has 0 saturated heterocycles. The van der Waals surface area contributed by atoms with E-state index < -0.39 is 0 Å². The molecule has 2 heteroatoms. The van der Waals surface area contributed by atoms with Gasteiger partial charge in [0.25, 0.3) is 0 Å². The van der Waals surface area contributed by atoms with Crippen LogP contribution in [0, 0.1) is 0 Å². The molecule has 12 rings (SSSR count). The summed E-state index contributed by atoms with van der Waals surface area (Å²) in [5, 5.41) is 9.82. The van der Waals surface area contributed by atoms with Gasteiger partial charge in [-0.3, -0.25) is 0 Å². The van der Waals surface area contributed by atoms with Crippen LogP contribution in [0.5, 0.6) is 0 Å². The summed E-state index contributed by atoms with van der Waals surface area (Å²) in [4.78, 5) is 2.41. The van der Waals surface area contributed by atoms with Crippen molar-refractivity contribution in [1.82, 2.24) is 0 Å². The molecule has 0 saturated carbocycles. The second kappa shape index (κ2) is 14.8. The highest BCUT2D eigenvalue weighted by Crippen LogP contribution is 2.44. The number of benzene rings is 11. The number of rotatable bonds is 7. The van der Waals surface area contributed by atoms with E-state index >= 15 is 0 Å². The van der Waals surface area contributed by atoms with Crippen LogP contribution < -0.4 is 4.90 Å². The van der Waals surface area contributed by atoms with Crippen molar-refractivity contribution in [2.45, 2.75) is 0 Å². The average molecular weight is 790 g/mol. The van der Waals surface area contributed by atoms with Crippen LogP contribution in [0.2, 0.25) is 0 Å². The van der Waals surface area contributed by atoms with Crippen LogP contribution in [0.4, 0.5) is 17.1 Å². The molecule has 290 valence electrons. The van der Waals surface area contributed by atoms with Gasteiger partial charge in [-0.2, -0.15) is 0 Å². The van der Waals surface area contributed by atoms with Crippen molar-refractivity contribution in [2.75, 3.05) is 4.90 Å². The summed E-state index contributed by atoms with van der Waals surface area (Å²) >= 11 is 0. The minimum atomic E-state index is 0.897. The van der Waals surface area contributed by atoms with Crippen molar-refractivity contribution in [3.05, 3.63) is 237 Å². The predicted molar refractivity (Wildman–Crippen MR) is 263 cm³/mol. The summed E-state index contributed by atoms with van der Waals surface area (Å²) < 4.78 is 6.28. The Morgan fingerprint density at radius 1 is 0.274 bits per heavy atom. The molecule has 0 aliphatic carbocycles. The van der Waals surface area contributed by atoms with Crippen molar-refractivity contribution < 1.29 is 4.42 Å². The molecule has 0 bridgehead atoms. The Morgan fingerprint density at radius 2 is 0.839 bits per heavy atom. The summed E-state index contributed by atoms with van der Waals surface area (Å²) in [6.45, 7) is 0. The number of hydrogen-bond acceptors (Lipinski definition) is 2. The molecule has 0 amide bonds. The van der Waals surface area contributed by atoms with Crippen molar-refractivity contribution in [3.63, 3.8) is 0 Å². The summed E-state index contributed by atoms with van der Waals surface area (Å²) in [5.74, 6) is 0. The topological polar surface area (TPSA) is 16.4 Å². The molecule has 0 N–H and O–H groups in total. The van der Waals surface area contributed by atoms with Gasteiger partial charge >= 0.3 is 0 Å². The van der Waals surface area contributed by atoms with Gasteiger partial charge in [0.15, 0.2) is 0 Å². The fraction of sp³-hybridized carbons (Fsp3) is 0. The van der Waals surface area contributed by atoms with Gasteiger partial charge in [0.1, 0.15) is 11.2 Å². The summed E-state index contributed by atoms with van der Waals surface area (Å²) in [6.07, 6.45) is 0. The molecule has 1 aromatic heterocycles. The first kappa shape index (κ1) is 35.7. The second-order valence-electron chi connectivity index (χ2n) is 16.1. The van der Waals surface area contributed by atoms with Gasteiger partial charge in [0.2, 0.25) is 0 Å². The Kier molecular flexibility index (Phi) is 8.53. The Balaban J connectivity index is 0.972. The van der Waals surface area contributed by atoms with Gasteiger partial charge in [-0.15, -0.1) is 0 Å². The third kappa shape index (κ3) is 6.12. The molecule has 0 spiro atoms. The zero-order chi connectivity index (χ0) is 41.0. The number of furan rings is 1. The maximum absolute atomic E-state index is 6.28. The number of fused-ring (bicyclic) bond motifs is 7. The molecular formula is C60H39NO. The molecular weight excluding hydrogens is 751 g/mol. The lowest BCUT2D eigenvalue weighted by Crippen LogP contribution is -2.11. The normalized spacial score (nSPS) is 11.5. The summed E-state index contributed by atoms with van der Waals surface area (Å²) in [7, 11) is 0. The number of para-hydroxylation sites is 2. The van der Waals surface area contributed by atoms with Gasteiger partial charge in [-0.25, -0.2) is 0 Å². The third-order valence-corrected chi connectivity index (χ3v) is 12.5. The van der Waals surface area contributed by atoms with Gasteiger partial charge in [0.05, 0.1) is 5.69 Å². The van der Waals surface area contributed by atoms with E-state index in [1.165, 1.54) is 54.6 Å². The van der Waals surface area contributed by atoms with Gasteiger partial charge < -0.3 is 9.32 Å². The molecule has 0 fully saturated rings. The van der Waals surface area contributed by atoms with Crippen LogP contribution in [0.25, 0.3) is 98.8 Å². The summed E-state index contributed by atoms with van der Waals surface area (Å²) in [6, 6.07) is 85.6. The largest absolute Gasteiger partial charge is 0.456 e. The Bertz CT molecular complexity index is 3630. The first-order chi connectivity index (χ1) is 30.7. The first-order valence-corrected chi connectivity index (χ1v) is 21.2. The molecule has 0 aliphatic rings. The number of anilines is 3. The van der Waals surface area contributed by atoms with Crippen molar-refractivity contribution in [3.8, 4) is 44.5 Å². The molecule has 1 heterocycles. The van der Waals surface area contributed by atoms with Crippen molar-refractivity contribution in [1.29, 1.82) is 0 Å². The monoisotopic (exact) mass is 789 g/mol. The fourth-order valence-electron chi connectivity index (χ4n) is 9.47. The van der Waals surface area contributed by atoms with Gasteiger partial charge in [-0.1, -0.05) is 188 Å². The minimum Gasteiger partial charge on any atom is -0.456 e. The highest BCUT2D eigenvalue weighted by molar-refractivity contribution is 6.12. The third-order valence-electron chi connectivity index (χ3n) is 12.5. The zero-order valence-corrected chi connectivity index (χ0v) is 33.9. The highest BCUT2D eigenvalue weighted by Gasteiger charge is 2.19.